The third-order valence-corrected chi connectivity index (χ3v) is 4.03. The minimum Gasteiger partial charge on any atom is -0.497 e. The van der Waals surface area contributed by atoms with Crippen LogP contribution in [0.5, 0.6) is 5.75 Å². The molecule has 0 bridgehead atoms. The Morgan fingerprint density at radius 1 is 0.885 bits per heavy atom. The molecule has 0 aliphatic carbocycles. The molecule has 5 nitrogen and oxygen atoms in total. The van der Waals surface area contributed by atoms with Crippen molar-refractivity contribution >= 4 is 23.0 Å². The SMILES string of the molecule is COc1cccc(Nc2cc(Nc3ccccc3C(C)C)nc(C)n2)c1. The lowest BCUT2D eigenvalue weighted by Gasteiger charge is -2.15. The summed E-state index contributed by atoms with van der Waals surface area (Å²) in [6, 6.07) is 17.9. The Morgan fingerprint density at radius 3 is 2.35 bits per heavy atom. The number of aryl methyl sites for hydroxylation is 1. The summed E-state index contributed by atoms with van der Waals surface area (Å²) in [7, 11) is 1.65. The Bertz CT molecular complexity index is 893. The van der Waals surface area contributed by atoms with E-state index in [9.17, 15) is 0 Å². The van der Waals surface area contributed by atoms with Crippen molar-refractivity contribution in [2.45, 2.75) is 26.7 Å². The van der Waals surface area contributed by atoms with Crippen molar-refractivity contribution in [3.05, 3.63) is 66.0 Å². The number of benzene rings is 2. The fourth-order valence-corrected chi connectivity index (χ4v) is 2.80. The number of para-hydroxylation sites is 1. The predicted molar refractivity (Wildman–Crippen MR) is 107 cm³/mol. The lowest BCUT2D eigenvalue weighted by atomic mass is 10.0. The topological polar surface area (TPSA) is 59.1 Å². The van der Waals surface area contributed by atoms with E-state index in [0.29, 0.717) is 11.7 Å². The molecule has 3 aromatic rings. The van der Waals surface area contributed by atoms with Gasteiger partial charge in [-0.05, 0) is 36.6 Å². The first kappa shape index (κ1) is 17.7. The number of ether oxygens (including phenoxy) is 1. The van der Waals surface area contributed by atoms with Gasteiger partial charge in [-0.2, -0.15) is 0 Å². The summed E-state index contributed by atoms with van der Waals surface area (Å²) in [6.45, 7) is 6.25. The highest BCUT2D eigenvalue weighted by Crippen LogP contribution is 2.27. The van der Waals surface area contributed by atoms with Crippen LogP contribution in [-0.2, 0) is 0 Å². The van der Waals surface area contributed by atoms with Crippen LogP contribution in [-0.4, -0.2) is 17.1 Å². The predicted octanol–water partition coefficient (Wildman–Crippen LogP) is 5.40. The van der Waals surface area contributed by atoms with Crippen molar-refractivity contribution in [1.29, 1.82) is 0 Å². The van der Waals surface area contributed by atoms with Crippen LogP contribution in [0.1, 0.15) is 31.2 Å². The largest absolute Gasteiger partial charge is 0.497 e. The van der Waals surface area contributed by atoms with E-state index in [4.69, 9.17) is 4.74 Å². The van der Waals surface area contributed by atoms with Crippen LogP contribution in [0.15, 0.2) is 54.6 Å². The van der Waals surface area contributed by atoms with E-state index in [1.54, 1.807) is 7.11 Å². The molecular formula is C21H24N4O. The van der Waals surface area contributed by atoms with E-state index in [2.05, 4.69) is 52.6 Å². The van der Waals surface area contributed by atoms with Gasteiger partial charge in [0.1, 0.15) is 23.2 Å². The quantitative estimate of drug-likeness (QED) is 0.624. The average molecular weight is 348 g/mol. The molecule has 0 unspecified atom stereocenters. The van der Waals surface area contributed by atoms with Gasteiger partial charge in [-0.3, -0.25) is 0 Å². The highest BCUT2D eigenvalue weighted by molar-refractivity contribution is 5.66. The van der Waals surface area contributed by atoms with Crippen LogP contribution in [0.2, 0.25) is 0 Å². The minimum absolute atomic E-state index is 0.427. The molecule has 2 N–H and O–H groups in total. The smallest absolute Gasteiger partial charge is 0.136 e. The van der Waals surface area contributed by atoms with Crippen molar-refractivity contribution in [1.82, 2.24) is 9.97 Å². The highest BCUT2D eigenvalue weighted by Gasteiger charge is 2.08. The van der Waals surface area contributed by atoms with Gasteiger partial charge in [0.2, 0.25) is 0 Å². The molecule has 1 aromatic heterocycles. The van der Waals surface area contributed by atoms with Crippen molar-refractivity contribution in [2.75, 3.05) is 17.7 Å². The van der Waals surface area contributed by atoms with Gasteiger partial charge in [0.15, 0.2) is 0 Å². The molecule has 0 saturated carbocycles. The maximum absolute atomic E-state index is 5.27. The summed E-state index contributed by atoms with van der Waals surface area (Å²) in [6.07, 6.45) is 0. The number of nitrogens with zero attached hydrogens (tertiary/aromatic N) is 2. The molecule has 0 atom stereocenters. The van der Waals surface area contributed by atoms with Gasteiger partial charge in [0.05, 0.1) is 7.11 Å². The molecule has 3 rings (SSSR count). The van der Waals surface area contributed by atoms with Crippen molar-refractivity contribution in [2.24, 2.45) is 0 Å². The molecule has 0 aliphatic heterocycles. The van der Waals surface area contributed by atoms with Gasteiger partial charge in [-0.15, -0.1) is 0 Å². The van der Waals surface area contributed by atoms with Crippen molar-refractivity contribution in [3.63, 3.8) is 0 Å². The molecule has 0 saturated heterocycles. The summed E-state index contributed by atoms with van der Waals surface area (Å²) in [4.78, 5) is 9.00. The molecule has 0 spiro atoms. The number of anilines is 4. The van der Waals surface area contributed by atoms with Crippen LogP contribution in [0.3, 0.4) is 0 Å². The average Bonchev–Trinajstić information content (AvgIpc) is 2.61. The Kier molecular flexibility index (Phi) is 5.37. The number of methoxy groups -OCH3 is 1. The molecule has 1 heterocycles. The van der Waals surface area contributed by atoms with Gasteiger partial charge >= 0.3 is 0 Å². The standard InChI is InChI=1S/C21H24N4O/c1-14(2)18-10-5-6-11-19(18)25-21-13-20(22-15(3)23-21)24-16-8-7-9-17(12-16)26-4/h5-14H,1-4H3,(H2,22,23,24,25). The fourth-order valence-electron chi connectivity index (χ4n) is 2.80. The third kappa shape index (κ3) is 4.30. The van der Waals surface area contributed by atoms with E-state index in [-0.39, 0.29) is 0 Å². The Labute approximate surface area is 154 Å². The number of nitrogens with one attached hydrogen (secondary N) is 2. The lowest BCUT2D eigenvalue weighted by Crippen LogP contribution is -2.03. The number of hydrogen-bond acceptors (Lipinski definition) is 5. The second-order valence-electron chi connectivity index (χ2n) is 6.41. The second kappa shape index (κ2) is 7.87. The zero-order valence-corrected chi connectivity index (χ0v) is 15.6. The van der Waals surface area contributed by atoms with Gasteiger partial charge in [-0.1, -0.05) is 38.1 Å². The van der Waals surface area contributed by atoms with Crippen molar-refractivity contribution < 1.29 is 4.74 Å². The lowest BCUT2D eigenvalue weighted by molar-refractivity contribution is 0.415. The van der Waals surface area contributed by atoms with Gasteiger partial charge in [-0.25, -0.2) is 9.97 Å². The van der Waals surface area contributed by atoms with E-state index in [1.165, 1.54) is 5.56 Å². The summed E-state index contributed by atoms with van der Waals surface area (Å²) >= 11 is 0. The number of rotatable bonds is 6. The minimum atomic E-state index is 0.427. The first-order chi connectivity index (χ1) is 12.5. The first-order valence-corrected chi connectivity index (χ1v) is 8.68. The third-order valence-electron chi connectivity index (χ3n) is 4.03. The summed E-state index contributed by atoms with van der Waals surface area (Å²) < 4.78 is 5.27. The summed E-state index contributed by atoms with van der Waals surface area (Å²) in [5.74, 6) is 3.41. The van der Waals surface area contributed by atoms with E-state index >= 15 is 0 Å². The molecule has 134 valence electrons. The number of aromatic nitrogens is 2. The molecule has 0 fully saturated rings. The molecule has 26 heavy (non-hydrogen) atoms. The van der Waals surface area contributed by atoms with Crippen LogP contribution in [0.4, 0.5) is 23.0 Å². The first-order valence-electron chi connectivity index (χ1n) is 8.68. The zero-order valence-electron chi connectivity index (χ0n) is 15.6. The second-order valence-corrected chi connectivity index (χ2v) is 6.41. The maximum atomic E-state index is 5.27. The summed E-state index contributed by atoms with van der Waals surface area (Å²) in [5.41, 5.74) is 3.23. The monoisotopic (exact) mass is 348 g/mol. The molecule has 2 aromatic carbocycles. The zero-order chi connectivity index (χ0) is 18.5. The van der Waals surface area contributed by atoms with E-state index in [0.717, 1.165) is 28.8 Å². The van der Waals surface area contributed by atoms with Crippen molar-refractivity contribution in [3.8, 4) is 5.75 Å². The maximum Gasteiger partial charge on any atom is 0.136 e. The van der Waals surface area contributed by atoms with Crippen LogP contribution in [0, 0.1) is 6.92 Å². The van der Waals surface area contributed by atoms with Gasteiger partial charge in [0.25, 0.3) is 0 Å². The number of hydrogen-bond donors (Lipinski definition) is 2. The van der Waals surface area contributed by atoms with Gasteiger partial charge < -0.3 is 15.4 Å². The van der Waals surface area contributed by atoms with Gasteiger partial charge in [0, 0.05) is 23.5 Å². The molecular weight excluding hydrogens is 324 g/mol. The fraction of sp³-hybridized carbons (Fsp3) is 0.238. The molecule has 0 aliphatic rings. The van der Waals surface area contributed by atoms with E-state index < -0.39 is 0 Å². The summed E-state index contributed by atoms with van der Waals surface area (Å²) in [5, 5.41) is 6.74. The van der Waals surface area contributed by atoms with E-state index in [1.807, 2.05) is 43.3 Å². The van der Waals surface area contributed by atoms with Crippen LogP contribution < -0.4 is 15.4 Å². The Morgan fingerprint density at radius 2 is 1.62 bits per heavy atom. The molecule has 0 amide bonds. The molecule has 0 radical (unpaired) electrons. The van der Waals surface area contributed by atoms with Crippen LogP contribution in [0.25, 0.3) is 0 Å². The molecule has 5 heteroatoms. The Hall–Kier alpha value is -3.08. The van der Waals surface area contributed by atoms with Crippen LogP contribution >= 0.6 is 0 Å². The highest BCUT2D eigenvalue weighted by atomic mass is 16.5. The Balaban J connectivity index is 1.86. The normalized spacial score (nSPS) is 10.7.